The van der Waals surface area contributed by atoms with E-state index in [9.17, 15) is 0 Å². The van der Waals surface area contributed by atoms with Crippen molar-refractivity contribution in [3.8, 4) is 6.07 Å². The summed E-state index contributed by atoms with van der Waals surface area (Å²) in [6.07, 6.45) is 0.661. The number of nitrogens with one attached hydrogen (secondary N) is 1. The van der Waals surface area contributed by atoms with E-state index in [1.165, 1.54) is 0 Å². The van der Waals surface area contributed by atoms with Crippen LogP contribution in [0.15, 0.2) is 24.3 Å². The molecule has 0 amide bonds. The Kier molecular flexibility index (Phi) is 5.47. The molecule has 1 aromatic carbocycles. The summed E-state index contributed by atoms with van der Waals surface area (Å²) < 4.78 is 0. The number of aliphatic hydroxyl groups excluding tert-OH is 1. The molecule has 0 saturated heterocycles. The summed E-state index contributed by atoms with van der Waals surface area (Å²) in [4.78, 5) is 2.02. The first-order chi connectivity index (χ1) is 8.19. The molecule has 1 aromatic rings. The van der Waals surface area contributed by atoms with Gasteiger partial charge in [-0.1, -0.05) is 12.1 Å². The number of rotatable bonds is 6. The summed E-state index contributed by atoms with van der Waals surface area (Å²) in [5.74, 6) is 0. The molecule has 0 saturated carbocycles. The van der Waals surface area contributed by atoms with Crippen molar-refractivity contribution in [2.45, 2.75) is 12.5 Å². The van der Waals surface area contributed by atoms with Gasteiger partial charge in [-0.2, -0.15) is 5.26 Å². The summed E-state index contributed by atoms with van der Waals surface area (Å²) >= 11 is 0. The second kappa shape index (κ2) is 6.89. The fraction of sp³-hybridized carbons (Fsp3) is 0.462. The predicted molar refractivity (Wildman–Crippen MR) is 68.8 cm³/mol. The van der Waals surface area contributed by atoms with Gasteiger partial charge in [0.1, 0.15) is 6.04 Å². The molecule has 0 aliphatic heterocycles. The largest absolute Gasteiger partial charge is 0.396 e. The Morgan fingerprint density at radius 2 is 2.00 bits per heavy atom. The van der Waals surface area contributed by atoms with E-state index in [4.69, 9.17) is 10.4 Å². The van der Waals surface area contributed by atoms with Crippen molar-refractivity contribution >= 4 is 5.69 Å². The number of nitriles is 1. The van der Waals surface area contributed by atoms with Gasteiger partial charge in [-0.15, -0.1) is 0 Å². The molecule has 0 spiro atoms. The minimum absolute atomic E-state index is 0.144. The standard InChI is InChI=1S/C13H19N3O/c1-16(2)12-6-4-11(5-7-12)13(10-14)15-8-3-9-17/h4-7,13,15,17H,3,8-9H2,1-2H3. The van der Waals surface area contributed by atoms with Crippen molar-refractivity contribution < 1.29 is 5.11 Å². The van der Waals surface area contributed by atoms with Crippen LogP contribution in [0.4, 0.5) is 5.69 Å². The Morgan fingerprint density at radius 3 is 2.47 bits per heavy atom. The Bertz CT molecular complexity index is 367. The predicted octanol–water partition coefficient (Wildman–Crippen LogP) is 1.29. The second-order valence-electron chi connectivity index (χ2n) is 4.08. The van der Waals surface area contributed by atoms with Gasteiger partial charge in [-0.05, 0) is 30.7 Å². The van der Waals surface area contributed by atoms with Gasteiger partial charge in [0, 0.05) is 26.4 Å². The zero-order valence-electron chi connectivity index (χ0n) is 10.3. The molecule has 1 atom stereocenters. The van der Waals surface area contributed by atoms with Gasteiger partial charge in [0.25, 0.3) is 0 Å². The number of hydrogen-bond acceptors (Lipinski definition) is 4. The van der Waals surface area contributed by atoms with Gasteiger partial charge in [-0.3, -0.25) is 5.32 Å². The van der Waals surface area contributed by atoms with Crippen LogP contribution in [-0.4, -0.2) is 32.4 Å². The third-order valence-corrected chi connectivity index (χ3v) is 2.56. The van der Waals surface area contributed by atoms with Gasteiger partial charge in [-0.25, -0.2) is 0 Å². The van der Waals surface area contributed by atoms with Gasteiger partial charge >= 0.3 is 0 Å². The average Bonchev–Trinajstić information content (AvgIpc) is 2.35. The van der Waals surface area contributed by atoms with Crippen LogP contribution in [-0.2, 0) is 0 Å². The smallest absolute Gasteiger partial charge is 0.121 e. The molecular formula is C13H19N3O. The highest BCUT2D eigenvalue weighted by atomic mass is 16.3. The fourth-order valence-corrected chi connectivity index (χ4v) is 1.53. The van der Waals surface area contributed by atoms with Crippen molar-refractivity contribution in [2.24, 2.45) is 0 Å². The molecule has 1 unspecified atom stereocenters. The maximum absolute atomic E-state index is 9.07. The molecule has 2 N–H and O–H groups in total. The van der Waals surface area contributed by atoms with Crippen molar-refractivity contribution in [3.05, 3.63) is 29.8 Å². The minimum atomic E-state index is -0.308. The van der Waals surface area contributed by atoms with Crippen LogP contribution in [0.5, 0.6) is 0 Å². The lowest BCUT2D eigenvalue weighted by Crippen LogP contribution is -2.21. The third kappa shape index (κ3) is 4.06. The Labute approximate surface area is 102 Å². The van der Waals surface area contributed by atoms with Gasteiger partial charge < -0.3 is 10.0 Å². The van der Waals surface area contributed by atoms with Crippen LogP contribution in [0.25, 0.3) is 0 Å². The van der Waals surface area contributed by atoms with E-state index in [0.717, 1.165) is 11.3 Å². The second-order valence-corrected chi connectivity index (χ2v) is 4.08. The minimum Gasteiger partial charge on any atom is -0.396 e. The number of nitrogens with zero attached hydrogens (tertiary/aromatic N) is 2. The maximum atomic E-state index is 9.07. The van der Waals surface area contributed by atoms with E-state index >= 15 is 0 Å². The molecule has 4 heteroatoms. The molecule has 0 fully saturated rings. The van der Waals surface area contributed by atoms with E-state index in [2.05, 4.69) is 11.4 Å². The highest BCUT2D eigenvalue weighted by Crippen LogP contribution is 2.17. The zero-order chi connectivity index (χ0) is 12.7. The lowest BCUT2D eigenvalue weighted by Gasteiger charge is -2.15. The molecule has 0 aromatic heterocycles. The van der Waals surface area contributed by atoms with Crippen LogP contribution in [0.3, 0.4) is 0 Å². The first kappa shape index (κ1) is 13.5. The number of hydrogen-bond donors (Lipinski definition) is 2. The molecule has 0 bridgehead atoms. The first-order valence-corrected chi connectivity index (χ1v) is 5.70. The van der Waals surface area contributed by atoms with E-state index in [0.29, 0.717) is 13.0 Å². The van der Waals surface area contributed by atoms with E-state index < -0.39 is 0 Å². The highest BCUT2D eigenvalue weighted by Gasteiger charge is 2.09. The quantitative estimate of drug-likeness (QED) is 0.727. The van der Waals surface area contributed by atoms with Crippen LogP contribution in [0.1, 0.15) is 18.0 Å². The number of aliphatic hydroxyl groups is 1. The van der Waals surface area contributed by atoms with Gasteiger partial charge in [0.05, 0.1) is 6.07 Å². The Balaban J connectivity index is 2.66. The lowest BCUT2D eigenvalue weighted by molar-refractivity contribution is 0.285. The van der Waals surface area contributed by atoms with Crippen LogP contribution < -0.4 is 10.2 Å². The van der Waals surface area contributed by atoms with Gasteiger partial charge in [0.15, 0.2) is 0 Å². The summed E-state index contributed by atoms with van der Waals surface area (Å²) in [7, 11) is 3.96. The third-order valence-electron chi connectivity index (χ3n) is 2.56. The Hall–Kier alpha value is -1.57. The summed E-state index contributed by atoms with van der Waals surface area (Å²) in [6.45, 7) is 0.787. The topological polar surface area (TPSA) is 59.3 Å². The molecule has 1 rings (SSSR count). The maximum Gasteiger partial charge on any atom is 0.121 e. The molecular weight excluding hydrogens is 214 g/mol. The summed E-state index contributed by atoms with van der Waals surface area (Å²) in [5, 5.41) is 20.9. The Morgan fingerprint density at radius 1 is 1.35 bits per heavy atom. The summed E-state index contributed by atoms with van der Waals surface area (Å²) in [5.41, 5.74) is 2.07. The van der Waals surface area contributed by atoms with Crippen molar-refractivity contribution in [2.75, 3.05) is 32.1 Å². The average molecular weight is 233 g/mol. The van der Waals surface area contributed by atoms with Crippen molar-refractivity contribution in [1.29, 1.82) is 5.26 Å². The van der Waals surface area contributed by atoms with Crippen LogP contribution >= 0.6 is 0 Å². The summed E-state index contributed by atoms with van der Waals surface area (Å²) in [6, 6.07) is 9.81. The van der Waals surface area contributed by atoms with Crippen LogP contribution in [0, 0.1) is 11.3 Å². The molecule has 4 nitrogen and oxygen atoms in total. The molecule has 92 valence electrons. The molecule has 0 radical (unpaired) electrons. The first-order valence-electron chi connectivity index (χ1n) is 5.70. The van der Waals surface area contributed by atoms with Crippen molar-refractivity contribution in [3.63, 3.8) is 0 Å². The molecule has 0 aliphatic rings. The van der Waals surface area contributed by atoms with E-state index in [-0.39, 0.29) is 12.6 Å². The molecule has 17 heavy (non-hydrogen) atoms. The molecule has 0 heterocycles. The SMILES string of the molecule is CN(C)c1ccc(C(C#N)NCCCO)cc1. The lowest BCUT2D eigenvalue weighted by atomic mass is 10.1. The van der Waals surface area contributed by atoms with Crippen LogP contribution in [0.2, 0.25) is 0 Å². The number of benzene rings is 1. The number of anilines is 1. The van der Waals surface area contributed by atoms with Crippen molar-refractivity contribution in [1.82, 2.24) is 5.32 Å². The fourth-order valence-electron chi connectivity index (χ4n) is 1.53. The van der Waals surface area contributed by atoms with E-state index in [1.54, 1.807) is 0 Å². The highest BCUT2D eigenvalue weighted by molar-refractivity contribution is 5.47. The van der Waals surface area contributed by atoms with Gasteiger partial charge in [0.2, 0.25) is 0 Å². The molecule has 0 aliphatic carbocycles. The normalized spacial score (nSPS) is 11.9. The van der Waals surface area contributed by atoms with E-state index in [1.807, 2.05) is 43.3 Å². The monoisotopic (exact) mass is 233 g/mol. The zero-order valence-corrected chi connectivity index (χ0v) is 10.3.